The normalized spacial score (nSPS) is 12.9. The zero-order valence-corrected chi connectivity index (χ0v) is 14.1. The molecule has 4 nitrogen and oxygen atoms in total. The minimum atomic E-state index is -4.42. The molecule has 2 aromatic carbocycles. The molecule has 0 aliphatic carbocycles. The van der Waals surface area contributed by atoms with E-state index in [0.29, 0.717) is 17.9 Å². The number of H-pyrrole nitrogens is 1. The van der Waals surface area contributed by atoms with Crippen molar-refractivity contribution in [3.05, 3.63) is 59.7 Å². The lowest BCUT2D eigenvalue weighted by Gasteiger charge is -2.19. The number of carbonyl (C=O) groups is 1. The number of Topliss-reactive ketones (excluding diaryl/α,β-unsaturated/α-hetero) is 1. The van der Waals surface area contributed by atoms with E-state index < -0.39 is 17.8 Å². The number of aromatic amines is 1. The number of benzene rings is 2. The molecule has 3 aromatic rings. The Kier molecular flexibility index (Phi) is 4.97. The van der Waals surface area contributed by atoms with Crippen molar-refractivity contribution >= 4 is 22.8 Å². The monoisotopic (exact) mass is 361 g/mol. The Balaban J connectivity index is 1.90. The summed E-state index contributed by atoms with van der Waals surface area (Å²) < 4.78 is 39.1. The second kappa shape index (κ2) is 7.19. The number of para-hydroxylation sites is 2. The van der Waals surface area contributed by atoms with E-state index in [-0.39, 0.29) is 12.2 Å². The number of rotatable bonds is 6. The van der Waals surface area contributed by atoms with Crippen LogP contribution in [0.1, 0.15) is 36.9 Å². The van der Waals surface area contributed by atoms with Gasteiger partial charge in [0.2, 0.25) is 5.95 Å². The maximum atomic E-state index is 13.0. The number of nitrogens with zero attached hydrogens (tertiary/aromatic N) is 1. The number of imidazole rings is 1. The van der Waals surface area contributed by atoms with E-state index in [1.165, 1.54) is 13.0 Å². The van der Waals surface area contributed by atoms with Crippen LogP contribution in [0.25, 0.3) is 11.0 Å². The van der Waals surface area contributed by atoms with E-state index in [9.17, 15) is 18.0 Å². The van der Waals surface area contributed by atoms with Crippen molar-refractivity contribution in [3.8, 4) is 0 Å². The Morgan fingerprint density at radius 1 is 1.19 bits per heavy atom. The highest BCUT2D eigenvalue weighted by Crippen LogP contribution is 2.32. The van der Waals surface area contributed by atoms with Crippen LogP contribution in [-0.4, -0.2) is 15.8 Å². The molecule has 136 valence electrons. The van der Waals surface area contributed by atoms with Gasteiger partial charge in [-0.15, -0.1) is 0 Å². The van der Waals surface area contributed by atoms with E-state index in [4.69, 9.17) is 0 Å². The molecule has 1 atom stereocenters. The molecule has 7 heteroatoms. The van der Waals surface area contributed by atoms with Gasteiger partial charge in [0.1, 0.15) is 5.78 Å². The molecule has 2 N–H and O–H groups in total. The van der Waals surface area contributed by atoms with Crippen LogP contribution < -0.4 is 5.32 Å². The van der Waals surface area contributed by atoms with Gasteiger partial charge in [-0.05, 0) is 43.2 Å². The molecule has 0 aliphatic rings. The maximum Gasteiger partial charge on any atom is 0.416 e. The third-order valence-corrected chi connectivity index (χ3v) is 4.10. The predicted molar refractivity (Wildman–Crippen MR) is 93.8 cm³/mol. The standard InChI is InChI=1S/C19H18F3N3O/c1-12(26)9-10-15(13-5-4-6-14(11-13)19(20,21)22)23-18-24-16-7-2-3-8-17(16)25-18/h2-8,11,15H,9-10H2,1H3,(H2,23,24,25). The lowest BCUT2D eigenvalue weighted by atomic mass is 9.99. The summed E-state index contributed by atoms with van der Waals surface area (Å²) in [5, 5.41) is 3.13. The van der Waals surface area contributed by atoms with E-state index in [2.05, 4.69) is 15.3 Å². The first-order chi connectivity index (χ1) is 12.3. The molecule has 0 aliphatic heterocycles. The fourth-order valence-electron chi connectivity index (χ4n) is 2.79. The predicted octanol–water partition coefficient (Wildman–Crippen LogP) is 5.10. The van der Waals surface area contributed by atoms with E-state index in [0.717, 1.165) is 23.2 Å². The molecule has 0 radical (unpaired) electrons. The van der Waals surface area contributed by atoms with Crippen molar-refractivity contribution in [3.63, 3.8) is 0 Å². The van der Waals surface area contributed by atoms with E-state index in [1.807, 2.05) is 24.3 Å². The summed E-state index contributed by atoms with van der Waals surface area (Å²) in [6, 6.07) is 12.1. The minimum absolute atomic E-state index is 0.0200. The van der Waals surface area contributed by atoms with Crippen LogP contribution in [-0.2, 0) is 11.0 Å². The van der Waals surface area contributed by atoms with Crippen molar-refractivity contribution in [2.75, 3.05) is 5.32 Å². The van der Waals surface area contributed by atoms with Gasteiger partial charge in [0.25, 0.3) is 0 Å². The average molecular weight is 361 g/mol. The Morgan fingerprint density at radius 2 is 1.96 bits per heavy atom. The number of aromatic nitrogens is 2. The third kappa shape index (κ3) is 4.22. The molecular formula is C19H18F3N3O. The van der Waals surface area contributed by atoms with Crippen molar-refractivity contribution in [1.29, 1.82) is 0 Å². The number of nitrogens with one attached hydrogen (secondary N) is 2. The van der Waals surface area contributed by atoms with Crippen molar-refractivity contribution in [1.82, 2.24) is 9.97 Å². The largest absolute Gasteiger partial charge is 0.416 e. The van der Waals surface area contributed by atoms with Crippen LogP contribution in [0.15, 0.2) is 48.5 Å². The van der Waals surface area contributed by atoms with Gasteiger partial charge in [0, 0.05) is 6.42 Å². The number of alkyl halides is 3. The number of carbonyl (C=O) groups excluding carboxylic acids is 1. The van der Waals surface area contributed by atoms with Gasteiger partial charge in [0.15, 0.2) is 0 Å². The van der Waals surface area contributed by atoms with E-state index >= 15 is 0 Å². The van der Waals surface area contributed by atoms with Crippen LogP contribution >= 0.6 is 0 Å². The zero-order valence-electron chi connectivity index (χ0n) is 14.1. The van der Waals surface area contributed by atoms with Gasteiger partial charge in [-0.2, -0.15) is 13.2 Å². The third-order valence-electron chi connectivity index (χ3n) is 4.10. The van der Waals surface area contributed by atoms with Crippen LogP contribution in [0.2, 0.25) is 0 Å². The molecular weight excluding hydrogens is 343 g/mol. The fourth-order valence-corrected chi connectivity index (χ4v) is 2.79. The number of ketones is 1. The first-order valence-electron chi connectivity index (χ1n) is 8.21. The number of halogens is 3. The van der Waals surface area contributed by atoms with Gasteiger partial charge in [-0.1, -0.05) is 24.3 Å². The topological polar surface area (TPSA) is 57.8 Å². The molecule has 26 heavy (non-hydrogen) atoms. The van der Waals surface area contributed by atoms with E-state index in [1.54, 1.807) is 6.07 Å². The summed E-state index contributed by atoms with van der Waals surface area (Å²) in [4.78, 5) is 18.9. The van der Waals surface area contributed by atoms with Crippen LogP contribution in [0.4, 0.5) is 19.1 Å². The van der Waals surface area contributed by atoms with Gasteiger partial charge in [0.05, 0.1) is 22.6 Å². The molecule has 0 bridgehead atoms. The Bertz CT molecular complexity index is 885. The quantitative estimate of drug-likeness (QED) is 0.642. The number of fused-ring (bicyclic) bond motifs is 1. The molecule has 3 rings (SSSR count). The number of anilines is 1. The highest BCUT2D eigenvalue weighted by Gasteiger charge is 2.31. The molecule has 0 fully saturated rings. The molecule has 0 spiro atoms. The summed E-state index contributed by atoms with van der Waals surface area (Å²) in [5.41, 5.74) is 1.32. The Hall–Kier alpha value is -2.83. The molecule has 0 saturated heterocycles. The summed E-state index contributed by atoms with van der Waals surface area (Å²) in [7, 11) is 0. The van der Waals surface area contributed by atoms with Gasteiger partial charge in [-0.3, -0.25) is 0 Å². The smallest absolute Gasteiger partial charge is 0.349 e. The Labute approximate surface area is 148 Å². The first kappa shape index (κ1) is 18.0. The van der Waals surface area contributed by atoms with Crippen LogP contribution in [0, 0.1) is 0 Å². The van der Waals surface area contributed by atoms with Crippen molar-refractivity contribution in [2.45, 2.75) is 32.0 Å². The summed E-state index contributed by atoms with van der Waals surface area (Å²) >= 11 is 0. The molecule has 0 amide bonds. The zero-order chi connectivity index (χ0) is 18.7. The second-order valence-electron chi connectivity index (χ2n) is 6.16. The summed E-state index contributed by atoms with van der Waals surface area (Å²) in [6.45, 7) is 1.46. The highest BCUT2D eigenvalue weighted by molar-refractivity contribution is 5.77. The lowest BCUT2D eigenvalue weighted by molar-refractivity contribution is -0.137. The molecule has 1 unspecified atom stereocenters. The first-order valence-corrected chi connectivity index (χ1v) is 8.21. The minimum Gasteiger partial charge on any atom is -0.349 e. The second-order valence-corrected chi connectivity index (χ2v) is 6.16. The van der Waals surface area contributed by atoms with Crippen LogP contribution in [0.3, 0.4) is 0 Å². The molecule has 0 saturated carbocycles. The molecule has 1 aromatic heterocycles. The molecule has 1 heterocycles. The van der Waals surface area contributed by atoms with Crippen molar-refractivity contribution < 1.29 is 18.0 Å². The van der Waals surface area contributed by atoms with Gasteiger partial charge in [-0.25, -0.2) is 4.98 Å². The summed E-state index contributed by atoms with van der Waals surface area (Å²) in [6.07, 6.45) is -3.79. The van der Waals surface area contributed by atoms with Gasteiger partial charge < -0.3 is 15.1 Å². The van der Waals surface area contributed by atoms with Crippen LogP contribution in [0.5, 0.6) is 0 Å². The van der Waals surface area contributed by atoms with Gasteiger partial charge >= 0.3 is 6.18 Å². The number of hydrogen-bond acceptors (Lipinski definition) is 3. The fraction of sp³-hybridized carbons (Fsp3) is 0.263. The SMILES string of the molecule is CC(=O)CCC(Nc1nc2ccccc2[nH]1)c1cccc(C(F)(F)F)c1. The average Bonchev–Trinajstić information content (AvgIpc) is 3.00. The number of hydrogen-bond donors (Lipinski definition) is 2. The lowest BCUT2D eigenvalue weighted by Crippen LogP contribution is -2.14. The maximum absolute atomic E-state index is 13.0. The highest BCUT2D eigenvalue weighted by atomic mass is 19.4. The Morgan fingerprint density at radius 3 is 2.65 bits per heavy atom. The van der Waals surface area contributed by atoms with Crippen molar-refractivity contribution in [2.24, 2.45) is 0 Å². The summed E-state index contributed by atoms with van der Waals surface area (Å²) in [5.74, 6) is 0.436.